The Morgan fingerprint density at radius 1 is 1.22 bits per heavy atom. The Bertz CT molecular complexity index is 1040. The molecule has 7 heteroatoms. The quantitative estimate of drug-likeness (QED) is 0.476. The molecule has 1 aliphatic carbocycles. The maximum atomic E-state index is 11.9. The highest BCUT2D eigenvalue weighted by Crippen LogP contribution is 2.34. The number of carbonyl (C=O) groups excluding carboxylic acids is 1. The van der Waals surface area contributed by atoms with Crippen LogP contribution in [0, 0.1) is 0 Å². The van der Waals surface area contributed by atoms with Gasteiger partial charge in [0.15, 0.2) is 0 Å². The molecule has 32 heavy (non-hydrogen) atoms. The van der Waals surface area contributed by atoms with Crippen molar-refractivity contribution in [3.63, 3.8) is 0 Å². The van der Waals surface area contributed by atoms with E-state index in [1.807, 2.05) is 30.3 Å². The summed E-state index contributed by atoms with van der Waals surface area (Å²) in [7, 11) is 0. The number of nitrogens with two attached hydrogens (primary N) is 1. The van der Waals surface area contributed by atoms with Gasteiger partial charge in [0, 0.05) is 19.2 Å². The van der Waals surface area contributed by atoms with Gasteiger partial charge in [-0.3, -0.25) is 9.69 Å². The Hall–Kier alpha value is -2.48. The van der Waals surface area contributed by atoms with Crippen molar-refractivity contribution in [2.75, 3.05) is 13.2 Å². The maximum absolute atomic E-state index is 11.9. The zero-order valence-electron chi connectivity index (χ0n) is 18.2. The van der Waals surface area contributed by atoms with Gasteiger partial charge in [-0.15, -0.1) is 0 Å². The van der Waals surface area contributed by atoms with Crippen molar-refractivity contribution in [1.29, 1.82) is 0 Å². The molecule has 3 aromatic rings. The third-order valence-electron chi connectivity index (χ3n) is 6.43. The predicted octanol–water partition coefficient (Wildman–Crippen LogP) is 4.87. The molecule has 1 saturated carbocycles. The summed E-state index contributed by atoms with van der Waals surface area (Å²) < 4.78 is 12.8. The van der Waals surface area contributed by atoms with Crippen LogP contribution in [0.5, 0.6) is 10.9 Å². The molecule has 2 aliphatic rings. The molecule has 0 bridgehead atoms. The lowest BCUT2D eigenvalue weighted by atomic mass is 9.93. The lowest BCUT2D eigenvalue weighted by Crippen LogP contribution is -2.43. The molecule has 1 amide bonds. The van der Waals surface area contributed by atoms with Crippen LogP contribution in [0.4, 0.5) is 0 Å². The van der Waals surface area contributed by atoms with Crippen molar-refractivity contribution in [3.05, 3.63) is 54.1 Å². The number of rotatable bonds is 10. The summed E-state index contributed by atoms with van der Waals surface area (Å²) in [4.78, 5) is 19.0. The minimum atomic E-state index is -0.741. The summed E-state index contributed by atoms with van der Waals surface area (Å²) in [5.41, 5.74) is 7.12. The minimum Gasteiger partial charge on any atom is -0.431 e. The first-order chi connectivity index (χ1) is 15.6. The van der Waals surface area contributed by atoms with Gasteiger partial charge in [-0.2, -0.15) is 0 Å². The zero-order chi connectivity index (χ0) is 22.0. The number of para-hydroxylation sites is 1. The highest BCUT2D eigenvalue weighted by molar-refractivity contribution is 7.20. The smallest absolute Gasteiger partial charge is 0.279 e. The van der Waals surface area contributed by atoms with E-state index in [1.165, 1.54) is 18.4 Å². The Labute approximate surface area is 192 Å². The second-order valence-corrected chi connectivity index (χ2v) is 9.80. The molecule has 1 atom stereocenters. The number of amides is 1. The molecule has 168 valence electrons. The van der Waals surface area contributed by atoms with Crippen LogP contribution in [-0.4, -0.2) is 40.6 Å². The molecule has 2 heterocycles. The van der Waals surface area contributed by atoms with Crippen molar-refractivity contribution in [2.45, 2.75) is 56.7 Å². The Kier molecular flexibility index (Phi) is 6.13. The molecule has 2 N–H and O–H groups in total. The van der Waals surface area contributed by atoms with Crippen molar-refractivity contribution in [3.8, 4) is 10.9 Å². The summed E-state index contributed by atoms with van der Waals surface area (Å²) in [6.07, 6.45) is 5.79. The molecule has 2 aromatic carbocycles. The number of fused-ring (bicyclic) bond motifs is 1. The first-order valence-corrected chi connectivity index (χ1v) is 12.2. The highest BCUT2D eigenvalue weighted by atomic mass is 32.1. The van der Waals surface area contributed by atoms with E-state index >= 15 is 0 Å². The van der Waals surface area contributed by atoms with Crippen LogP contribution in [0.2, 0.25) is 0 Å². The summed E-state index contributed by atoms with van der Waals surface area (Å²) in [6, 6.07) is 17.0. The molecule has 1 unspecified atom stereocenters. The predicted molar refractivity (Wildman–Crippen MR) is 126 cm³/mol. The number of nitrogens with zero attached hydrogens (tertiary/aromatic N) is 2. The van der Waals surface area contributed by atoms with E-state index in [0.29, 0.717) is 24.3 Å². The van der Waals surface area contributed by atoms with Crippen LogP contribution in [0.15, 0.2) is 48.5 Å². The van der Waals surface area contributed by atoms with E-state index in [2.05, 4.69) is 28.1 Å². The lowest BCUT2D eigenvalue weighted by Gasteiger charge is -2.27. The van der Waals surface area contributed by atoms with Crippen molar-refractivity contribution < 1.29 is 14.3 Å². The summed E-state index contributed by atoms with van der Waals surface area (Å²) in [5, 5.41) is 0.663. The zero-order valence-corrected chi connectivity index (χ0v) is 19.0. The Morgan fingerprint density at radius 3 is 2.72 bits per heavy atom. The number of ether oxygens (including phenoxy) is 2. The van der Waals surface area contributed by atoms with Gasteiger partial charge in [-0.25, -0.2) is 4.98 Å². The fourth-order valence-electron chi connectivity index (χ4n) is 4.50. The van der Waals surface area contributed by atoms with Gasteiger partial charge in [0.05, 0.1) is 10.2 Å². The van der Waals surface area contributed by atoms with E-state index in [9.17, 15) is 4.79 Å². The minimum absolute atomic E-state index is 0.309. The summed E-state index contributed by atoms with van der Waals surface area (Å²) in [6.45, 7) is 2.49. The van der Waals surface area contributed by atoms with E-state index in [4.69, 9.17) is 15.2 Å². The van der Waals surface area contributed by atoms with E-state index < -0.39 is 5.60 Å². The van der Waals surface area contributed by atoms with Crippen LogP contribution in [0.25, 0.3) is 10.2 Å². The molecule has 5 rings (SSSR count). The van der Waals surface area contributed by atoms with Gasteiger partial charge >= 0.3 is 0 Å². The van der Waals surface area contributed by atoms with E-state index in [0.717, 1.165) is 48.3 Å². The third kappa shape index (κ3) is 4.80. The van der Waals surface area contributed by atoms with E-state index in [-0.39, 0.29) is 5.91 Å². The summed E-state index contributed by atoms with van der Waals surface area (Å²) in [5.74, 6) is 0.490. The van der Waals surface area contributed by atoms with E-state index in [1.54, 1.807) is 11.3 Å². The van der Waals surface area contributed by atoms with Crippen LogP contribution in [0.1, 0.15) is 44.1 Å². The lowest BCUT2D eigenvalue weighted by molar-refractivity contribution is -0.138. The average Bonchev–Trinajstić information content (AvgIpc) is 3.38. The molecule has 1 aliphatic heterocycles. The maximum Gasteiger partial charge on any atom is 0.279 e. The van der Waals surface area contributed by atoms with Crippen molar-refractivity contribution in [2.24, 2.45) is 5.73 Å². The summed E-state index contributed by atoms with van der Waals surface area (Å²) >= 11 is 1.56. The van der Waals surface area contributed by atoms with Gasteiger partial charge in [0.25, 0.3) is 5.19 Å². The number of benzene rings is 2. The molecule has 6 nitrogen and oxygen atoms in total. The van der Waals surface area contributed by atoms with Gasteiger partial charge in [-0.1, -0.05) is 35.6 Å². The number of hydrogen-bond acceptors (Lipinski definition) is 6. The van der Waals surface area contributed by atoms with Crippen molar-refractivity contribution >= 4 is 27.5 Å². The third-order valence-corrected chi connectivity index (χ3v) is 7.34. The average molecular weight is 452 g/mol. The van der Waals surface area contributed by atoms with Crippen LogP contribution >= 0.6 is 11.3 Å². The first-order valence-electron chi connectivity index (χ1n) is 11.4. The Balaban J connectivity index is 1.17. The monoisotopic (exact) mass is 451 g/mol. The molecular formula is C25H29N3O3S. The molecular weight excluding hydrogens is 422 g/mol. The normalized spacial score (nSPS) is 20.8. The molecule has 0 radical (unpaired) electrons. The number of carbonyl (C=O) groups is 1. The number of thiazole rings is 1. The molecule has 2 fully saturated rings. The topological polar surface area (TPSA) is 77.7 Å². The Morgan fingerprint density at radius 2 is 2.03 bits per heavy atom. The van der Waals surface area contributed by atoms with Gasteiger partial charge in [0.1, 0.15) is 11.4 Å². The second-order valence-electron chi connectivity index (χ2n) is 8.81. The second kappa shape index (κ2) is 9.17. The van der Waals surface area contributed by atoms with Crippen molar-refractivity contribution in [1.82, 2.24) is 9.88 Å². The fourth-order valence-corrected chi connectivity index (χ4v) is 5.34. The van der Waals surface area contributed by atoms with Gasteiger partial charge in [-0.05, 0) is 74.9 Å². The number of hydrogen-bond donors (Lipinski definition) is 1. The number of primary amides is 1. The molecule has 1 aromatic heterocycles. The van der Waals surface area contributed by atoms with Crippen LogP contribution < -0.4 is 10.5 Å². The van der Waals surface area contributed by atoms with Crippen LogP contribution in [0.3, 0.4) is 0 Å². The van der Waals surface area contributed by atoms with Crippen LogP contribution in [-0.2, 0) is 16.1 Å². The standard InChI is InChI=1S/C25H29N3O3S/c26-23(29)25(14-4-16-30-25)13-3-15-28(19-9-10-19)17-18-7-11-20(12-8-18)31-24-27-21-5-1-2-6-22(21)32-24/h1-2,5-8,11-12,19H,3-4,9-10,13-17H2,(H2,26,29). The SMILES string of the molecule is NC(=O)C1(CCCN(Cc2ccc(Oc3nc4ccccc4s3)cc2)C2CC2)CCCO1. The van der Waals surface area contributed by atoms with Gasteiger partial charge < -0.3 is 15.2 Å². The van der Waals surface area contributed by atoms with Gasteiger partial charge in [0.2, 0.25) is 5.91 Å². The fraction of sp³-hybridized carbons (Fsp3) is 0.440. The first kappa shape index (κ1) is 21.4. The molecule has 1 saturated heterocycles. The number of aromatic nitrogens is 1. The highest BCUT2D eigenvalue weighted by Gasteiger charge is 2.40. The molecule has 0 spiro atoms. The largest absolute Gasteiger partial charge is 0.431 e.